The molecule has 1 aromatic carbocycles. The molecule has 0 unspecified atom stereocenters. The normalized spacial score (nSPS) is 25.3. The lowest BCUT2D eigenvalue weighted by atomic mass is 10.1. The summed E-state index contributed by atoms with van der Waals surface area (Å²) in [5, 5.41) is 3.03. The highest BCUT2D eigenvalue weighted by Crippen LogP contribution is 2.19. The summed E-state index contributed by atoms with van der Waals surface area (Å²) in [5.41, 5.74) is 0. The number of hydrogen-bond donors (Lipinski definition) is 1. The minimum absolute atomic E-state index is 0.0775. The van der Waals surface area contributed by atoms with Gasteiger partial charge in [0.15, 0.2) is 0 Å². The Hall–Kier alpha value is -1.86. The van der Waals surface area contributed by atoms with E-state index in [1.807, 2.05) is 4.90 Å². The molecule has 2 aliphatic rings. The number of urea groups is 1. The van der Waals surface area contributed by atoms with Gasteiger partial charge in [0.2, 0.25) is 0 Å². The second-order valence-corrected chi connectivity index (χ2v) is 6.32. The van der Waals surface area contributed by atoms with E-state index in [1.165, 1.54) is 12.1 Å². The average Bonchev–Trinajstić information content (AvgIpc) is 2.59. The molecule has 2 atom stereocenters. The lowest BCUT2D eigenvalue weighted by Gasteiger charge is -2.36. The molecule has 1 aromatic rings. The summed E-state index contributed by atoms with van der Waals surface area (Å²) in [5.74, 6) is 0.302. The number of nitrogens with one attached hydrogen (secondary N) is 1. The van der Waals surface area contributed by atoms with Crippen LogP contribution in [0.25, 0.3) is 0 Å². The predicted molar refractivity (Wildman–Crippen MR) is 87.6 cm³/mol. The van der Waals surface area contributed by atoms with Gasteiger partial charge in [-0.1, -0.05) is 0 Å². The lowest BCUT2D eigenvalue weighted by Crippen LogP contribution is -2.57. The maximum absolute atomic E-state index is 13.0. The van der Waals surface area contributed by atoms with Crippen LogP contribution < -0.4 is 10.1 Å². The largest absolute Gasteiger partial charge is 0.488 e. The van der Waals surface area contributed by atoms with Gasteiger partial charge in [0, 0.05) is 32.6 Å². The van der Waals surface area contributed by atoms with Crippen LogP contribution in [-0.4, -0.2) is 74.4 Å². The first-order chi connectivity index (χ1) is 11.6. The summed E-state index contributed by atoms with van der Waals surface area (Å²) in [6.07, 6.45) is 0.506. The van der Waals surface area contributed by atoms with Crippen molar-refractivity contribution in [2.45, 2.75) is 18.6 Å². The van der Waals surface area contributed by atoms with E-state index >= 15 is 0 Å². The second-order valence-electron chi connectivity index (χ2n) is 6.32. The molecule has 2 fully saturated rings. The zero-order valence-corrected chi connectivity index (χ0v) is 13.9. The third-order valence-corrected chi connectivity index (χ3v) is 4.49. The van der Waals surface area contributed by atoms with E-state index in [2.05, 4.69) is 17.3 Å². The number of rotatable bonds is 3. The first-order valence-electron chi connectivity index (χ1n) is 8.36. The van der Waals surface area contributed by atoms with Crippen molar-refractivity contribution < 1.29 is 18.7 Å². The highest BCUT2D eigenvalue weighted by atomic mass is 19.1. The van der Waals surface area contributed by atoms with Crippen molar-refractivity contribution >= 4 is 6.03 Å². The van der Waals surface area contributed by atoms with E-state index in [0.717, 1.165) is 26.2 Å². The Morgan fingerprint density at radius 3 is 2.67 bits per heavy atom. The Labute approximate surface area is 141 Å². The summed E-state index contributed by atoms with van der Waals surface area (Å²) in [7, 11) is 2.05. The van der Waals surface area contributed by atoms with E-state index in [9.17, 15) is 9.18 Å². The van der Waals surface area contributed by atoms with Gasteiger partial charge in [0.05, 0.1) is 19.3 Å². The molecule has 0 aliphatic carbocycles. The van der Waals surface area contributed by atoms with Crippen molar-refractivity contribution in [3.63, 3.8) is 0 Å². The topological polar surface area (TPSA) is 54.0 Å². The number of amides is 2. The number of benzene rings is 1. The smallest absolute Gasteiger partial charge is 0.317 e. The van der Waals surface area contributed by atoms with E-state index in [1.54, 1.807) is 12.1 Å². The molecule has 0 spiro atoms. The van der Waals surface area contributed by atoms with Gasteiger partial charge in [-0.25, -0.2) is 9.18 Å². The highest BCUT2D eigenvalue weighted by molar-refractivity contribution is 5.74. The molecular formula is C17H24FN3O3. The highest BCUT2D eigenvalue weighted by Gasteiger charge is 2.31. The first kappa shape index (κ1) is 17.0. The molecule has 6 nitrogen and oxygen atoms in total. The van der Waals surface area contributed by atoms with Crippen molar-refractivity contribution in [2.24, 2.45) is 0 Å². The third kappa shape index (κ3) is 4.36. The molecule has 2 amide bonds. The molecule has 3 rings (SSSR count). The van der Waals surface area contributed by atoms with Crippen LogP contribution in [0.5, 0.6) is 5.75 Å². The standard InChI is InChI=1S/C17H24FN3O3/c1-20-7-9-21(10-8-20)17(22)19-15-12-23-11-6-16(15)24-14-4-2-13(18)3-5-14/h2-5,15-16H,6-12H2,1H3,(H,19,22)/t15-,16+/m1/s1. The van der Waals surface area contributed by atoms with Crippen molar-refractivity contribution in [1.82, 2.24) is 15.1 Å². The summed E-state index contributed by atoms with van der Waals surface area (Å²) in [6, 6.07) is 5.65. The summed E-state index contributed by atoms with van der Waals surface area (Å²) >= 11 is 0. The SMILES string of the molecule is CN1CCN(C(=O)N[C@@H]2COCC[C@@H]2Oc2ccc(F)cc2)CC1. The van der Waals surface area contributed by atoms with Gasteiger partial charge in [0.25, 0.3) is 0 Å². The van der Waals surface area contributed by atoms with Crippen LogP contribution in [0.3, 0.4) is 0 Å². The van der Waals surface area contributed by atoms with E-state index < -0.39 is 0 Å². The van der Waals surface area contributed by atoms with E-state index in [4.69, 9.17) is 9.47 Å². The van der Waals surface area contributed by atoms with Gasteiger partial charge in [-0.3, -0.25) is 0 Å². The summed E-state index contributed by atoms with van der Waals surface area (Å²) < 4.78 is 24.4. The molecule has 0 radical (unpaired) electrons. The van der Waals surface area contributed by atoms with E-state index in [-0.39, 0.29) is 24.0 Å². The molecule has 7 heteroatoms. The van der Waals surface area contributed by atoms with Crippen molar-refractivity contribution in [2.75, 3.05) is 46.4 Å². The number of carbonyl (C=O) groups is 1. The van der Waals surface area contributed by atoms with Crippen molar-refractivity contribution in [3.05, 3.63) is 30.1 Å². The van der Waals surface area contributed by atoms with Gasteiger partial charge in [-0.05, 0) is 31.3 Å². The monoisotopic (exact) mass is 337 g/mol. The predicted octanol–water partition coefficient (Wildman–Crippen LogP) is 1.32. The van der Waals surface area contributed by atoms with Crippen molar-refractivity contribution in [1.29, 1.82) is 0 Å². The minimum atomic E-state index is -0.297. The molecule has 0 aromatic heterocycles. The van der Waals surface area contributed by atoms with Gasteiger partial charge in [-0.15, -0.1) is 0 Å². The number of carbonyl (C=O) groups excluding carboxylic acids is 1. The Balaban J connectivity index is 1.57. The molecule has 1 N–H and O–H groups in total. The fourth-order valence-corrected chi connectivity index (χ4v) is 2.94. The van der Waals surface area contributed by atoms with Crippen LogP contribution in [0.1, 0.15) is 6.42 Å². The van der Waals surface area contributed by atoms with Crippen LogP contribution in [0.15, 0.2) is 24.3 Å². The van der Waals surface area contributed by atoms with Crippen LogP contribution in [0.2, 0.25) is 0 Å². The zero-order chi connectivity index (χ0) is 16.9. The van der Waals surface area contributed by atoms with Crippen LogP contribution >= 0.6 is 0 Å². The fourth-order valence-electron chi connectivity index (χ4n) is 2.94. The van der Waals surface area contributed by atoms with Crippen LogP contribution in [0.4, 0.5) is 9.18 Å². The van der Waals surface area contributed by atoms with Gasteiger partial charge < -0.3 is 24.6 Å². The van der Waals surface area contributed by atoms with E-state index in [0.29, 0.717) is 25.4 Å². The molecule has 24 heavy (non-hydrogen) atoms. The molecule has 132 valence electrons. The fraction of sp³-hybridized carbons (Fsp3) is 0.588. The van der Waals surface area contributed by atoms with Crippen molar-refractivity contribution in [3.8, 4) is 5.75 Å². The molecular weight excluding hydrogens is 313 g/mol. The minimum Gasteiger partial charge on any atom is -0.488 e. The number of halogens is 1. The number of likely N-dealkylation sites (N-methyl/N-ethyl adjacent to an activating group) is 1. The first-order valence-corrected chi connectivity index (χ1v) is 8.36. The molecule has 0 bridgehead atoms. The Morgan fingerprint density at radius 1 is 1.25 bits per heavy atom. The summed E-state index contributed by atoms with van der Waals surface area (Å²) in [6.45, 7) is 4.21. The second kappa shape index (κ2) is 7.81. The Bertz CT molecular complexity index is 547. The average molecular weight is 337 g/mol. The Morgan fingerprint density at radius 2 is 1.96 bits per heavy atom. The van der Waals surface area contributed by atoms with Crippen LogP contribution in [-0.2, 0) is 4.74 Å². The molecule has 2 heterocycles. The van der Waals surface area contributed by atoms with Gasteiger partial charge in [-0.2, -0.15) is 0 Å². The third-order valence-electron chi connectivity index (χ3n) is 4.49. The Kier molecular flexibility index (Phi) is 5.52. The number of hydrogen-bond acceptors (Lipinski definition) is 4. The summed E-state index contributed by atoms with van der Waals surface area (Å²) in [4.78, 5) is 16.5. The lowest BCUT2D eigenvalue weighted by molar-refractivity contribution is -0.00230. The molecule has 0 saturated carbocycles. The number of nitrogens with zero attached hydrogens (tertiary/aromatic N) is 2. The zero-order valence-electron chi connectivity index (χ0n) is 13.9. The molecule has 2 aliphatic heterocycles. The maximum Gasteiger partial charge on any atom is 0.317 e. The maximum atomic E-state index is 13.0. The molecule has 2 saturated heterocycles. The van der Waals surface area contributed by atoms with Gasteiger partial charge in [0.1, 0.15) is 17.7 Å². The number of ether oxygens (including phenoxy) is 2. The van der Waals surface area contributed by atoms with Crippen LogP contribution in [0, 0.1) is 5.82 Å². The number of piperazine rings is 1. The van der Waals surface area contributed by atoms with Gasteiger partial charge >= 0.3 is 6.03 Å². The quantitative estimate of drug-likeness (QED) is 0.904.